The number of carboxylic acid groups (broad SMARTS) is 1. The van der Waals surface area contributed by atoms with Gasteiger partial charge in [0.15, 0.2) is 11.5 Å². The molecule has 2 amide bonds. The largest absolute Gasteiger partial charge is 0.486 e. The summed E-state index contributed by atoms with van der Waals surface area (Å²) in [7, 11) is 0. The van der Waals surface area contributed by atoms with Crippen LogP contribution in [0.2, 0.25) is 5.02 Å². The number of hydrogen-bond acceptors (Lipinski definition) is 5. The Labute approximate surface area is 234 Å². The Balaban J connectivity index is 1.40. The van der Waals surface area contributed by atoms with Crippen LogP contribution in [0.3, 0.4) is 0 Å². The normalized spacial score (nSPS) is 17.6. The lowest BCUT2D eigenvalue weighted by Gasteiger charge is -2.41. The monoisotopic (exact) mass is 554 g/mol. The summed E-state index contributed by atoms with van der Waals surface area (Å²) in [6.45, 7) is 0.790. The maximum absolute atomic E-state index is 13.9. The van der Waals surface area contributed by atoms with Crippen molar-refractivity contribution in [3.8, 4) is 11.5 Å². The second kappa shape index (κ2) is 10.4. The first-order chi connectivity index (χ1) is 19.4. The minimum atomic E-state index is -1.07. The molecule has 0 fully saturated rings. The van der Waals surface area contributed by atoms with Gasteiger partial charge in [-0.3, -0.25) is 19.3 Å². The standard InChI is InChI=1S/C31H23ClN2O6/c32-20-8-10-21(11-9-20)33-29(35)18-5-12-22(13-6-18)34-28(19-7-14-25-26(17-19)40-16-15-39-25)27(31(37)38)23-3-1-2-4-24(23)30(34)36/h1-14,17,27-28H,15-16H2,(H,33,35)(H,37,38)/t27-,28+/m0/s1. The molecule has 2 aliphatic heterocycles. The van der Waals surface area contributed by atoms with Crippen LogP contribution in [-0.4, -0.2) is 36.1 Å². The van der Waals surface area contributed by atoms with Crippen molar-refractivity contribution in [1.82, 2.24) is 0 Å². The average Bonchev–Trinajstić information content (AvgIpc) is 2.98. The van der Waals surface area contributed by atoms with Crippen LogP contribution in [-0.2, 0) is 4.79 Å². The van der Waals surface area contributed by atoms with Gasteiger partial charge in [0, 0.05) is 27.5 Å². The van der Waals surface area contributed by atoms with Crippen molar-refractivity contribution < 1.29 is 29.0 Å². The van der Waals surface area contributed by atoms with Crippen LogP contribution in [0, 0.1) is 0 Å². The molecule has 2 heterocycles. The molecule has 0 saturated heterocycles. The van der Waals surface area contributed by atoms with Gasteiger partial charge in [0.05, 0.1) is 6.04 Å². The number of hydrogen-bond donors (Lipinski definition) is 2. The number of fused-ring (bicyclic) bond motifs is 2. The van der Waals surface area contributed by atoms with Gasteiger partial charge in [-0.15, -0.1) is 0 Å². The van der Waals surface area contributed by atoms with Crippen LogP contribution in [0.25, 0.3) is 0 Å². The second-order valence-corrected chi connectivity index (χ2v) is 9.87. The summed E-state index contributed by atoms with van der Waals surface area (Å²) in [5.41, 5.74) is 2.75. The highest BCUT2D eigenvalue weighted by Crippen LogP contribution is 2.46. The summed E-state index contributed by atoms with van der Waals surface area (Å²) in [6, 6.07) is 24.3. The van der Waals surface area contributed by atoms with Crippen molar-refractivity contribution in [2.24, 2.45) is 0 Å². The van der Waals surface area contributed by atoms with Crippen LogP contribution in [0.15, 0.2) is 91.0 Å². The van der Waals surface area contributed by atoms with Crippen molar-refractivity contribution in [3.63, 3.8) is 0 Å². The van der Waals surface area contributed by atoms with E-state index in [1.807, 2.05) is 0 Å². The highest BCUT2D eigenvalue weighted by molar-refractivity contribution is 6.30. The molecule has 0 saturated carbocycles. The Morgan fingerprint density at radius 1 is 0.875 bits per heavy atom. The zero-order valence-electron chi connectivity index (χ0n) is 21.0. The summed E-state index contributed by atoms with van der Waals surface area (Å²) < 4.78 is 11.4. The average molecular weight is 555 g/mol. The SMILES string of the molecule is O=C(Nc1ccc(Cl)cc1)c1ccc(N2C(=O)c3ccccc3[C@H](C(=O)O)[C@H]2c2ccc3c(c2)OCCO3)cc1. The number of carbonyl (C=O) groups excluding carboxylic acids is 2. The van der Waals surface area contributed by atoms with E-state index in [9.17, 15) is 19.5 Å². The lowest BCUT2D eigenvalue weighted by Crippen LogP contribution is -2.45. The molecule has 0 aliphatic carbocycles. The molecule has 2 aliphatic rings. The number of nitrogens with one attached hydrogen (secondary N) is 1. The molecular weight excluding hydrogens is 532 g/mol. The van der Waals surface area contributed by atoms with Gasteiger partial charge in [0.2, 0.25) is 0 Å². The highest BCUT2D eigenvalue weighted by Gasteiger charge is 2.45. The Morgan fingerprint density at radius 3 is 2.30 bits per heavy atom. The predicted octanol–water partition coefficient (Wildman–Crippen LogP) is 5.93. The molecule has 0 spiro atoms. The summed E-state index contributed by atoms with van der Waals surface area (Å²) in [5.74, 6) is -1.74. The quantitative estimate of drug-likeness (QED) is 0.317. The molecule has 2 N–H and O–H groups in total. The fourth-order valence-corrected chi connectivity index (χ4v) is 5.31. The minimum absolute atomic E-state index is 0.313. The Morgan fingerprint density at radius 2 is 1.57 bits per heavy atom. The highest BCUT2D eigenvalue weighted by atomic mass is 35.5. The molecule has 0 unspecified atom stereocenters. The number of ether oxygens (including phenoxy) is 2. The predicted molar refractivity (Wildman–Crippen MR) is 150 cm³/mol. The first-order valence-corrected chi connectivity index (χ1v) is 13.0. The van der Waals surface area contributed by atoms with Gasteiger partial charge in [-0.1, -0.05) is 35.9 Å². The number of benzene rings is 4. The Hall–Kier alpha value is -4.82. The van der Waals surface area contributed by atoms with E-state index in [4.69, 9.17) is 21.1 Å². The number of halogens is 1. The molecule has 200 valence electrons. The van der Waals surface area contributed by atoms with Crippen molar-refractivity contribution >= 4 is 40.8 Å². The smallest absolute Gasteiger partial charge is 0.313 e. The molecule has 0 aromatic heterocycles. The minimum Gasteiger partial charge on any atom is -0.486 e. The van der Waals surface area contributed by atoms with Gasteiger partial charge < -0.3 is 19.9 Å². The number of rotatable bonds is 5. The van der Waals surface area contributed by atoms with E-state index >= 15 is 0 Å². The van der Waals surface area contributed by atoms with Crippen molar-refractivity contribution in [2.45, 2.75) is 12.0 Å². The summed E-state index contributed by atoms with van der Waals surface area (Å²) in [6.07, 6.45) is 0. The van der Waals surface area contributed by atoms with Gasteiger partial charge in [-0.05, 0) is 77.9 Å². The van der Waals surface area contributed by atoms with E-state index in [1.54, 1.807) is 91.0 Å². The number of anilines is 2. The first-order valence-electron chi connectivity index (χ1n) is 12.6. The Bertz CT molecular complexity index is 1620. The van der Waals surface area contributed by atoms with E-state index in [1.165, 1.54) is 4.90 Å². The number of nitrogens with zero attached hydrogens (tertiary/aromatic N) is 1. The molecule has 4 aromatic carbocycles. The summed E-state index contributed by atoms with van der Waals surface area (Å²) in [4.78, 5) is 41.0. The van der Waals surface area contributed by atoms with Gasteiger partial charge in [0.25, 0.3) is 11.8 Å². The number of carboxylic acids is 1. The van der Waals surface area contributed by atoms with Crippen LogP contribution < -0.4 is 19.7 Å². The molecular formula is C31H23ClN2O6. The van der Waals surface area contributed by atoms with Crippen LogP contribution in [0.1, 0.15) is 43.8 Å². The van der Waals surface area contributed by atoms with Gasteiger partial charge in [-0.2, -0.15) is 0 Å². The topological polar surface area (TPSA) is 105 Å². The van der Waals surface area contributed by atoms with Crippen LogP contribution in [0.4, 0.5) is 11.4 Å². The fourth-order valence-electron chi connectivity index (χ4n) is 5.18. The zero-order chi connectivity index (χ0) is 27.8. The number of carbonyl (C=O) groups is 3. The lowest BCUT2D eigenvalue weighted by molar-refractivity contribution is -0.139. The van der Waals surface area contributed by atoms with Crippen LogP contribution >= 0.6 is 11.6 Å². The van der Waals surface area contributed by atoms with Gasteiger partial charge in [0.1, 0.15) is 19.1 Å². The van der Waals surface area contributed by atoms with Gasteiger partial charge >= 0.3 is 5.97 Å². The first kappa shape index (κ1) is 25.5. The molecule has 40 heavy (non-hydrogen) atoms. The van der Waals surface area contributed by atoms with E-state index < -0.39 is 17.9 Å². The third-order valence-corrected chi connectivity index (χ3v) is 7.27. The van der Waals surface area contributed by atoms with Crippen molar-refractivity contribution in [3.05, 3.63) is 118 Å². The molecule has 0 bridgehead atoms. The lowest BCUT2D eigenvalue weighted by atomic mass is 9.79. The molecule has 8 nitrogen and oxygen atoms in total. The third kappa shape index (κ3) is 4.63. The van der Waals surface area contributed by atoms with E-state index in [-0.39, 0.29) is 11.8 Å². The fraction of sp³-hybridized carbons (Fsp3) is 0.129. The van der Waals surface area contributed by atoms with E-state index in [0.717, 1.165) is 0 Å². The second-order valence-electron chi connectivity index (χ2n) is 9.43. The number of aliphatic carboxylic acids is 1. The number of amides is 2. The third-order valence-electron chi connectivity index (χ3n) is 7.02. The maximum Gasteiger partial charge on any atom is 0.313 e. The van der Waals surface area contributed by atoms with Gasteiger partial charge in [-0.25, -0.2) is 0 Å². The van der Waals surface area contributed by atoms with E-state index in [2.05, 4.69) is 5.32 Å². The summed E-state index contributed by atoms with van der Waals surface area (Å²) >= 11 is 5.93. The Kier molecular flexibility index (Phi) is 6.61. The van der Waals surface area contributed by atoms with Crippen molar-refractivity contribution in [2.75, 3.05) is 23.4 Å². The van der Waals surface area contributed by atoms with Crippen molar-refractivity contribution in [1.29, 1.82) is 0 Å². The van der Waals surface area contributed by atoms with Crippen LogP contribution in [0.5, 0.6) is 11.5 Å². The molecule has 0 radical (unpaired) electrons. The zero-order valence-corrected chi connectivity index (χ0v) is 21.8. The molecule has 4 aromatic rings. The van der Waals surface area contributed by atoms with E-state index in [0.29, 0.717) is 63.4 Å². The molecule has 2 atom stereocenters. The maximum atomic E-state index is 13.9. The molecule has 6 rings (SSSR count). The molecule has 9 heteroatoms. The summed E-state index contributed by atoms with van der Waals surface area (Å²) in [5, 5.41) is 13.8.